The molecule has 4 aromatic rings. The second-order valence-electron chi connectivity index (χ2n) is 10.8. The molecule has 0 saturated heterocycles. The third-order valence-corrected chi connectivity index (χ3v) is 9.99. The summed E-state index contributed by atoms with van der Waals surface area (Å²) in [6.07, 6.45) is 2.95. The van der Waals surface area contributed by atoms with Crippen LogP contribution in [-0.2, 0) is 15.9 Å². The molecule has 0 unspecified atom stereocenters. The van der Waals surface area contributed by atoms with Gasteiger partial charge in [0.25, 0.3) is 5.91 Å². The fourth-order valence-corrected chi connectivity index (χ4v) is 6.70. The van der Waals surface area contributed by atoms with Gasteiger partial charge in [-0.2, -0.15) is 0 Å². The van der Waals surface area contributed by atoms with Crippen molar-refractivity contribution in [2.24, 2.45) is 4.99 Å². The van der Waals surface area contributed by atoms with Crippen LogP contribution in [0.3, 0.4) is 0 Å². The first-order valence-electron chi connectivity index (χ1n) is 15.5. The predicted molar refractivity (Wildman–Crippen MR) is 193 cm³/mol. The number of aromatic hydroxyl groups is 1. The van der Waals surface area contributed by atoms with Crippen LogP contribution in [0.5, 0.6) is 5.75 Å². The number of Topliss-reactive ketones (excluding diaryl/α,β-unsaturated/α-hetero) is 2. The van der Waals surface area contributed by atoms with Crippen molar-refractivity contribution in [1.29, 1.82) is 0 Å². The Morgan fingerprint density at radius 2 is 1.57 bits per heavy atom. The van der Waals surface area contributed by atoms with Crippen LogP contribution in [0.1, 0.15) is 73.9 Å². The number of amides is 1. The average Bonchev–Trinajstić information content (AvgIpc) is 3.73. The van der Waals surface area contributed by atoms with Crippen LogP contribution in [0.25, 0.3) is 10.4 Å². The minimum atomic E-state index is -0.187. The normalized spacial score (nSPS) is 11.5. The van der Waals surface area contributed by atoms with Crippen molar-refractivity contribution >= 4 is 61.8 Å². The zero-order valence-electron chi connectivity index (χ0n) is 26.6. The molecule has 1 amide bonds. The van der Waals surface area contributed by atoms with Crippen molar-refractivity contribution in [3.8, 4) is 16.2 Å². The fraction of sp³-hybridized carbons (Fsp3) is 0.333. The molecular weight excluding hydrogens is 700 g/mol. The second kappa shape index (κ2) is 18.8. The van der Waals surface area contributed by atoms with Gasteiger partial charge in [0.2, 0.25) is 0 Å². The molecule has 248 valence electrons. The van der Waals surface area contributed by atoms with E-state index in [9.17, 15) is 19.5 Å². The monoisotopic (exact) mass is 738 g/mol. The van der Waals surface area contributed by atoms with Gasteiger partial charge in [0, 0.05) is 46.3 Å². The molecule has 11 heteroatoms. The number of nitrogens with zero attached hydrogens (tertiary/aromatic N) is 1. The standard InChI is InChI=1S/C36H39BrN2O6S2/c1-3-4-18-44-20-21-45-19-17-38-36(43)27-8-5-25(6-9-27)7-14-30(40)32-15-16-33(47-32)31(41)22-39-24(2)29-23-46-35(34(29)42)26-10-12-28(37)13-11-26/h5-6,8-13,15-16,23,42H,3-4,7,14,17-22H2,1-2H3,(H,38,43). The molecule has 0 fully saturated rings. The Balaban J connectivity index is 1.20. The van der Waals surface area contributed by atoms with Crippen LogP contribution in [0.4, 0.5) is 0 Å². The van der Waals surface area contributed by atoms with Crippen molar-refractivity contribution in [2.45, 2.75) is 39.5 Å². The summed E-state index contributed by atoms with van der Waals surface area (Å²) in [5.41, 5.74) is 3.56. The molecule has 2 aromatic carbocycles. The molecule has 2 aromatic heterocycles. The third kappa shape index (κ3) is 11.0. The Hall–Kier alpha value is -3.48. The summed E-state index contributed by atoms with van der Waals surface area (Å²) < 4.78 is 11.9. The van der Waals surface area contributed by atoms with Gasteiger partial charge < -0.3 is 19.9 Å². The highest BCUT2D eigenvalue weighted by Crippen LogP contribution is 2.39. The van der Waals surface area contributed by atoms with Gasteiger partial charge >= 0.3 is 0 Å². The summed E-state index contributed by atoms with van der Waals surface area (Å²) in [6, 6.07) is 18.2. The highest BCUT2D eigenvalue weighted by atomic mass is 79.9. The number of hydrogen-bond donors (Lipinski definition) is 2. The number of benzene rings is 2. The SMILES string of the molecule is CCCCOCCOCCNC(=O)c1ccc(CCC(=O)c2ccc(C(=O)CN=C(C)c3csc(-c4ccc(Br)cc4)c3O)s2)cc1. The first-order valence-corrected chi connectivity index (χ1v) is 18.0. The van der Waals surface area contributed by atoms with Gasteiger partial charge in [-0.25, -0.2) is 0 Å². The van der Waals surface area contributed by atoms with E-state index in [1.54, 1.807) is 31.2 Å². The van der Waals surface area contributed by atoms with Gasteiger partial charge in [-0.05, 0) is 67.3 Å². The summed E-state index contributed by atoms with van der Waals surface area (Å²) in [5.74, 6) is -0.264. The van der Waals surface area contributed by atoms with E-state index in [0.29, 0.717) is 59.4 Å². The Labute approximate surface area is 292 Å². The van der Waals surface area contributed by atoms with Gasteiger partial charge in [0.15, 0.2) is 11.6 Å². The number of halogens is 1. The number of ketones is 2. The molecule has 0 saturated carbocycles. The Kier molecular flexibility index (Phi) is 14.5. The van der Waals surface area contributed by atoms with E-state index < -0.39 is 0 Å². The summed E-state index contributed by atoms with van der Waals surface area (Å²) in [4.78, 5) is 44.3. The Morgan fingerprint density at radius 3 is 2.28 bits per heavy atom. The van der Waals surface area contributed by atoms with Crippen molar-refractivity contribution in [2.75, 3.05) is 39.5 Å². The van der Waals surface area contributed by atoms with Crippen LogP contribution in [0.15, 0.2) is 75.5 Å². The topological polar surface area (TPSA) is 114 Å². The maximum absolute atomic E-state index is 12.9. The predicted octanol–water partition coefficient (Wildman–Crippen LogP) is 8.02. The van der Waals surface area contributed by atoms with Gasteiger partial charge in [0.05, 0.1) is 34.5 Å². The van der Waals surface area contributed by atoms with E-state index in [1.165, 1.54) is 22.7 Å². The number of aryl methyl sites for hydroxylation is 1. The molecule has 0 atom stereocenters. The number of rotatable bonds is 19. The number of aliphatic imine (C=N–C) groups is 1. The molecule has 0 radical (unpaired) electrons. The van der Waals surface area contributed by atoms with Gasteiger partial charge in [-0.15, -0.1) is 22.7 Å². The number of hydrogen-bond acceptors (Lipinski definition) is 9. The fourth-order valence-electron chi connectivity index (χ4n) is 4.52. The molecule has 2 heterocycles. The van der Waals surface area contributed by atoms with E-state index in [4.69, 9.17) is 9.47 Å². The number of ether oxygens (including phenoxy) is 2. The second-order valence-corrected chi connectivity index (χ2v) is 13.7. The van der Waals surface area contributed by atoms with Gasteiger partial charge in [-0.1, -0.05) is 53.5 Å². The van der Waals surface area contributed by atoms with Crippen LogP contribution in [0, 0.1) is 0 Å². The quantitative estimate of drug-likeness (QED) is 0.0572. The van der Waals surface area contributed by atoms with E-state index in [2.05, 4.69) is 33.2 Å². The molecule has 4 rings (SSSR count). The molecule has 0 aliphatic heterocycles. The van der Waals surface area contributed by atoms with E-state index in [1.807, 2.05) is 41.8 Å². The number of nitrogens with one attached hydrogen (secondary N) is 1. The molecule has 0 bridgehead atoms. The maximum atomic E-state index is 12.9. The Bertz CT molecular complexity index is 1660. The van der Waals surface area contributed by atoms with Crippen LogP contribution >= 0.6 is 38.6 Å². The molecule has 8 nitrogen and oxygen atoms in total. The minimum Gasteiger partial charge on any atom is -0.506 e. The summed E-state index contributed by atoms with van der Waals surface area (Å²) in [5, 5.41) is 15.5. The van der Waals surface area contributed by atoms with Gasteiger partial charge in [0.1, 0.15) is 12.3 Å². The number of carbonyl (C=O) groups excluding carboxylic acids is 3. The molecular formula is C36H39BrN2O6S2. The van der Waals surface area contributed by atoms with Crippen LogP contribution < -0.4 is 5.32 Å². The largest absolute Gasteiger partial charge is 0.506 e. The zero-order valence-corrected chi connectivity index (χ0v) is 29.8. The summed E-state index contributed by atoms with van der Waals surface area (Å²) in [7, 11) is 0. The minimum absolute atomic E-state index is 0.0463. The highest BCUT2D eigenvalue weighted by molar-refractivity contribution is 9.10. The molecule has 2 N–H and O–H groups in total. The molecule has 47 heavy (non-hydrogen) atoms. The number of unbranched alkanes of at least 4 members (excludes halogenated alkanes) is 1. The van der Waals surface area contributed by atoms with Crippen molar-refractivity contribution < 1.29 is 29.0 Å². The highest BCUT2D eigenvalue weighted by Gasteiger charge is 2.17. The molecule has 0 aliphatic carbocycles. The summed E-state index contributed by atoms with van der Waals surface area (Å²) >= 11 is 6.01. The van der Waals surface area contributed by atoms with Crippen molar-refractivity contribution in [3.05, 3.63) is 97.0 Å². The third-order valence-electron chi connectivity index (χ3n) is 7.28. The first kappa shape index (κ1) is 36.4. The van der Waals surface area contributed by atoms with Crippen LogP contribution in [-0.4, -0.2) is 67.8 Å². The van der Waals surface area contributed by atoms with E-state index in [-0.39, 0.29) is 36.2 Å². The van der Waals surface area contributed by atoms with Crippen molar-refractivity contribution in [1.82, 2.24) is 5.32 Å². The lowest BCUT2D eigenvalue weighted by Crippen LogP contribution is -2.27. The van der Waals surface area contributed by atoms with Crippen molar-refractivity contribution in [3.63, 3.8) is 0 Å². The lowest BCUT2D eigenvalue weighted by molar-refractivity contribution is 0.0472. The van der Waals surface area contributed by atoms with Crippen LogP contribution in [0.2, 0.25) is 0 Å². The van der Waals surface area contributed by atoms with Gasteiger partial charge in [-0.3, -0.25) is 19.4 Å². The summed E-state index contributed by atoms with van der Waals surface area (Å²) in [6.45, 7) is 6.43. The smallest absolute Gasteiger partial charge is 0.251 e. The lowest BCUT2D eigenvalue weighted by atomic mass is 10.0. The maximum Gasteiger partial charge on any atom is 0.251 e. The van der Waals surface area contributed by atoms with E-state index in [0.717, 1.165) is 39.9 Å². The first-order chi connectivity index (χ1) is 22.8. The average molecular weight is 740 g/mol. The zero-order chi connectivity index (χ0) is 33.6. The number of carbonyl (C=O) groups is 3. The van der Waals surface area contributed by atoms with E-state index >= 15 is 0 Å². The number of thiophene rings is 2. The lowest BCUT2D eigenvalue weighted by Gasteiger charge is -2.08. The molecule has 0 aliphatic rings. The molecule has 0 spiro atoms. The Morgan fingerprint density at radius 1 is 0.894 bits per heavy atom.